The molecule has 0 unspecified atom stereocenters. The second kappa shape index (κ2) is 5.01. The summed E-state index contributed by atoms with van der Waals surface area (Å²) in [4.78, 5) is 21.0. The second-order valence-electron chi connectivity index (χ2n) is 8.33. The molecule has 0 spiro atoms. The van der Waals surface area contributed by atoms with Crippen molar-refractivity contribution >= 4 is 11.7 Å². The molecule has 2 aromatic rings. The quantitative estimate of drug-likeness (QED) is 0.940. The van der Waals surface area contributed by atoms with Gasteiger partial charge in [-0.05, 0) is 74.7 Å². The maximum absolute atomic E-state index is 12.5. The van der Waals surface area contributed by atoms with Gasteiger partial charge in [-0.2, -0.15) is 4.98 Å². The highest BCUT2D eigenvalue weighted by Gasteiger charge is 2.50. The molecule has 0 atom stereocenters. The molecular weight excluding hydrogens is 302 g/mol. The van der Waals surface area contributed by atoms with Crippen LogP contribution in [0.25, 0.3) is 5.78 Å². The van der Waals surface area contributed by atoms with E-state index in [1.165, 1.54) is 38.5 Å². The van der Waals surface area contributed by atoms with Crippen LogP contribution < -0.4 is 5.32 Å². The van der Waals surface area contributed by atoms with Gasteiger partial charge < -0.3 is 5.32 Å². The zero-order valence-corrected chi connectivity index (χ0v) is 14.0. The molecule has 2 heterocycles. The van der Waals surface area contributed by atoms with Gasteiger partial charge in [0.25, 0.3) is 11.7 Å². The number of rotatable bonds is 3. The molecule has 6 rings (SSSR count). The molecule has 6 heteroatoms. The van der Waals surface area contributed by atoms with Gasteiger partial charge in [0, 0.05) is 18.4 Å². The summed E-state index contributed by atoms with van der Waals surface area (Å²) in [5.41, 5.74) is 1.25. The van der Waals surface area contributed by atoms with Crippen molar-refractivity contribution < 1.29 is 4.79 Å². The van der Waals surface area contributed by atoms with Crippen molar-refractivity contribution in [3.63, 3.8) is 0 Å². The second-order valence-corrected chi connectivity index (χ2v) is 8.33. The van der Waals surface area contributed by atoms with E-state index in [2.05, 4.69) is 20.4 Å². The van der Waals surface area contributed by atoms with Crippen LogP contribution in [0.1, 0.15) is 54.8 Å². The molecule has 0 aromatic carbocycles. The van der Waals surface area contributed by atoms with Crippen LogP contribution in [0.3, 0.4) is 0 Å². The molecule has 4 bridgehead atoms. The van der Waals surface area contributed by atoms with Gasteiger partial charge in [0.05, 0.1) is 0 Å². The number of amides is 1. The summed E-state index contributed by atoms with van der Waals surface area (Å²) in [6.07, 6.45) is 9.83. The van der Waals surface area contributed by atoms with E-state index in [1.807, 2.05) is 13.0 Å². The Kier molecular flexibility index (Phi) is 3.00. The van der Waals surface area contributed by atoms with E-state index in [-0.39, 0.29) is 11.7 Å². The maximum Gasteiger partial charge on any atom is 0.291 e. The minimum absolute atomic E-state index is 0.171. The third-order valence-corrected chi connectivity index (χ3v) is 6.42. The molecule has 4 saturated carbocycles. The smallest absolute Gasteiger partial charge is 0.291 e. The molecule has 4 fully saturated rings. The third kappa shape index (κ3) is 2.23. The van der Waals surface area contributed by atoms with Crippen LogP contribution in [0.15, 0.2) is 12.3 Å². The molecule has 0 aliphatic heterocycles. The average Bonchev–Trinajstić information content (AvgIpc) is 2.97. The van der Waals surface area contributed by atoms with Gasteiger partial charge in [-0.1, -0.05) is 0 Å². The van der Waals surface area contributed by atoms with E-state index in [4.69, 9.17) is 0 Å². The molecule has 24 heavy (non-hydrogen) atoms. The lowest BCUT2D eigenvalue weighted by Crippen LogP contribution is -2.51. The summed E-state index contributed by atoms with van der Waals surface area (Å²) >= 11 is 0. The van der Waals surface area contributed by atoms with Crippen molar-refractivity contribution in [2.24, 2.45) is 23.2 Å². The molecule has 0 radical (unpaired) electrons. The minimum atomic E-state index is -0.171. The lowest BCUT2D eigenvalue weighted by Gasteiger charge is -2.56. The first-order valence-electron chi connectivity index (χ1n) is 9.07. The molecule has 6 nitrogen and oxygen atoms in total. The van der Waals surface area contributed by atoms with Crippen LogP contribution >= 0.6 is 0 Å². The monoisotopic (exact) mass is 325 g/mol. The van der Waals surface area contributed by atoms with E-state index in [0.717, 1.165) is 30.0 Å². The van der Waals surface area contributed by atoms with Gasteiger partial charge in [0.15, 0.2) is 0 Å². The number of aromatic nitrogens is 4. The Bertz CT molecular complexity index is 776. The van der Waals surface area contributed by atoms with E-state index < -0.39 is 0 Å². The highest BCUT2D eigenvalue weighted by Crippen LogP contribution is 2.59. The van der Waals surface area contributed by atoms with E-state index in [9.17, 15) is 4.79 Å². The number of fused-ring (bicyclic) bond motifs is 1. The summed E-state index contributed by atoms with van der Waals surface area (Å²) in [5, 5.41) is 7.44. The van der Waals surface area contributed by atoms with Gasteiger partial charge in [-0.25, -0.2) is 9.50 Å². The summed E-state index contributed by atoms with van der Waals surface area (Å²) < 4.78 is 1.62. The predicted molar refractivity (Wildman–Crippen MR) is 88.5 cm³/mol. The average molecular weight is 325 g/mol. The number of aryl methyl sites for hydroxylation is 1. The number of nitrogens with one attached hydrogen (secondary N) is 1. The topological polar surface area (TPSA) is 72.2 Å². The first kappa shape index (κ1) is 14.4. The number of hydrogen-bond acceptors (Lipinski definition) is 4. The molecule has 4 aliphatic rings. The van der Waals surface area contributed by atoms with Crippen LogP contribution in [0.5, 0.6) is 0 Å². The first-order chi connectivity index (χ1) is 11.6. The lowest BCUT2D eigenvalue weighted by atomic mass is 9.49. The fourth-order valence-electron chi connectivity index (χ4n) is 5.86. The maximum atomic E-state index is 12.5. The Morgan fingerprint density at radius 2 is 1.92 bits per heavy atom. The van der Waals surface area contributed by atoms with Gasteiger partial charge in [0.1, 0.15) is 0 Å². The third-order valence-electron chi connectivity index (χ3n) is 6.42. The molecular formula is C18H23N5O. The molecule has 2 aromatic heterocycles. The Morgan fingerprint density at radius 3 is 2.54 bits per heavy atom. The molecule has 126 valence electrons. The van der Waals surface area contributed by atoms with Crippen molar-refractivity contribution in [1.29, 1.82) is 0 Å². The van der Waals surface area contributed by atoms with Crippen molar-refractivity contribution in [1.82, 2.24) is 24.9 Å². The Morgan fingerprint density at radius 1 is 1.25 bits per heavy atom. The van der Waals surface area contributed by atoms with Crippen molar-refractivity contribution in [3.8, 4) is 0 Å². The highest BCUT2D eigenvalue weighted by molar-refractivity contribution is 5.90. The van der Waals surface area contributed by atoms with Crippen LogP contribution in [-0.4, -0.2) is 32.0 Å². The van der Waals surface area contributed by atoms with Crippen molar-refractivity contribution in [2.45, 2.75) is 45.4 Å². The van der Waals surface area contributed by atoms with Gasteiger partial charge in [-0.15, -0.1) is 5.10 Å². The molecule has 0 saturated heterocycles. The number of carbonyl (C=O) groups is 1. The first-order valence-corrected chi connectivity index (χ1v) is 9.07. The van der Waals surface area contributed by atoms with E-state index in [1.54, 1.807) is 10.7 Å². The van der Waals surface area contributed by atoms with Gasteiger partial charge >= 0.3 is 0 Å². The summed E-state index contributed by atoms with van der Waals surface area (Å²) in [7, 11) is 0. The normalized spacial score (nSPS) is 34.0. The molecule has 1 N–H and O–H groups in total. The van der Waals surface area contributed by atoms with Crippen LogP contribution in [0.4, 0.5) is 0 Å². The van der Waals surface area contributed by atoms with E-state index >= 15 is 0 Å². The number of carbonyl (C=O) groups excluding carboxylic acids is 1. The summed E-state index contributed by atoms with van der Waals surface area (Å²) in [6, 6.07) is 1.86. The summed E-state index contributed by atoms with van der Waals surface area (Å²) in [5.74, 6) is 3.22. The van der Waals surface area contributed by atoms with Crippen LogP contribution in [-0.2, 0) is 0 Å². The molecule has 1 amide bonds. The summed E-state index contributed by atoms with van der Waals surface area (Å²) in [6.45, 7) is 2.71. The fraction of sp³-hybridized carbons (Fsp3) is 0.667. The SMILES string of the molecule is Cc1ccnc2nc(C(=O)NCC34CC5CC(CC(C5)C3)C4)nn12. The van der Waals surface area contributed by atoms with Gasteiger partial charge in [0.2, 0.25) is 5.82 Å². The van der Waals surface area contributed by atoms with Crippen LogP contribution in [0, 0.1) is 30.1 Å². The van der Waals surface area contributed by atoms with E-state index in [0.29, 0.717) is 11.2 Å². The minimum Gasteiger partial charge on any atom is -0.349 e. The van der Waals surface area contributed by atoms with Crippen molar-refractivity contribution in [2.75, 3.05) is 6.54 Å². The Labute approximate surface area is 141 Å². The number of hydrogen-bond donors (Lipinski definition) is 1. The zero-order chi connectivity index (χ0) is 16.3. The lowest BCUT2D eigenvalue weighted by molar-refractivity contribution is -0.0503. The zero-order valence-electron chi connectivity index (χ0n) is 14.0. The Balaban J connectivity index is 1.32. The fourth-order valence-corrected chi connectivity index (χ4v) is 5.86. The Hall–Kier alpha value is -1.98. The van der Waals surface area contributed by atoms with Crippen molar-refractivity contribution in [3.05, 3.63) is 23.8 Å². The predicted octanol–water partition coefficient (Wildman–Crippen LogP) is 2.38. The van der Waals surface area contributed by atoms with Gasteiger partial charge in [-0.3, -0.25) is 4.79 Å². The number of nitrogens with zero attached hydrogens (tertiary/aromatic N) is 4. The molecule has 4 aliphatic carbocycles. The largest absolute Gasteiger partial charge is 0.349 e. The highest BCUT2D eigenvalue weighted by atomic mass is 16.2. The van der Waals surface area contributed by atoms with Crippen LogP contribution in [0.2, 0.25) is 0 Å². The standard InChI is InChI=1S/C18H23N5O/c1-11-2-3-19-17-21-15(22-23(11)17)16(24)20-10-18-7-12-4-13(8-18)6-14(5-12)9-18/h2-3,12-14H,4-10H2,1H3,(H,20,24).